The number of rotatable bonds is 3. The van der Waals surface area contributed by atoms with Gasteiger partial charge in [-0.25, -0.2) is 8.78 Å². The zero-order valence-electron chi connectivity index (χ0n) is 9.91. The van der Waals surface area contributed by atoms with Gasteiger partial charge in [-0.3, -0.25) is 0 Å². The van der Waals surface area contributed by atoms with E-state index in [9.17, 15) is 8.78 Å². The molecule has 0 bridgehead atoms. The van der Waals surface area contributed by atoms with E-state index in [0.717, 1.165) is 6.07 Å². The summed E-state index contributed by atoms with van der Waals surface area (Å²) in [5.41, 5.74) is 5.73. The summed E-state index contributed by atoms with van der Waals surface area (Å²) in [5.74, 6) is -0.511. The monoisotopic (exact) mass is 329 g/mol. The summed E-state index contributed by atoms with van der Waals surface area (Å²) >= 11 is 3.02. The third-order valence-electron chi connectivity index (χ3n) is 2.40. The molecule has 2 aromatic rings. The molecule has 3 nitrogen and oxygen atoms in total. The van der Waals surface area contributed by atoms with Crippen LogP contribution in [0.15, 0.2) is 34.8 Å². The van der Waals surface area contributed by atoms with Gasteiger partial charge in [0.05, 0.1) is 17.3 Å². The van der Waals surface area contributed by atoms with Crippen LogP contribution in [0.4, 0.5) is 14.5 Å². The molecule has 0 saturated carbocycles. The zero-order chi connectivity index (χ0) is 14.0. The van der Waals surface area contributed by atoms with E-state index in [1.54, 1.807) is 0 Å². The largest absolute Gasteiger partial charge is 0.494 e. The lowest BCUT2D eigenvalue weighted by molar-refractivity contribution is 0.402. The van der Waals surface area contributed by atoms with Crippen molar-refractivity contribution < 1.29 is 18.3 Å². The number of ether oxygens (including phenoxy) is 2. The zero-order valence-corrected chi connectivity index (χ0v) is 11.5. The van der Waals surface area contributed by atoms with Gasteiger partial charge in [0, 0.05) is 12.1 Å². The lowest BCUT2D eigenvalue weighted by atomic mass is 10.2. The van der Waals surface area contributed by atoms with Gasteiger partial charge in [-0.15, -0.1) is 0 Å². The molecule has 0 amide bonds. The van der Waals surface area contributed by atoms with Gasteiger partial charge in [-0.1, -0.05) is 0 Å². The molecule has 2 rings (SSSR count). The smallest absolute Gasteiger partial charge is 0.168 e. The lowest BCUT2D eigenvalue weighted by Crippen LogP contribution is -1.96. The summed E-state index contributed by atoms with van der Waals surface area (Å²) in [4.78, 5) is 0. The minimum absolute atomic E-state index is 0.0513. The van der Waals surface area contributed by atoms with Crippen LogP contribution in [0.25, 0.3) is 0 Å². The molecule has 6 heteroatoms. The maximum absolute atomic E-state index is 13.7. The molecule has 0 radical (unpaired) electrons. The van der Waals surface area contributed by atoms with Gasteiger partial charge in [0.1, 0.15) is 17.3 Å². The first-order chi connectivity index (χ1) is 9.01. The standard InChI is InChI=1S/C13H10BrF2NO2/c1-18-13-6-12(10(16)5-11(13)17)19-7-2-3-9(15)8(14)4-7/h2-6H,17H2,1H3. The second-order valence-corrected chi connectivity index (χ2v) is 4.56. The van der Waals surface area contributed by atoms with Gasteiger partial charge in [-0.2, -0.15) is 0 Å². The summed E-state index contributed by atoms with van der Waals surface area (Å²) in [5, 5.41) is 0. The minimum atomic E-state index is -0.626. The van der Waals surface area contributed by atoms with E-state index in [2.05, 4.69) is 15.9 Å². The molecule has 19 heavy (non-hydrogen) atoms. The van der Waals surface area contributed by atoms with Crippen LogP contribution in [0.1, 0.15) is 0 Å². The first-order valence-electron chi connectivity index (χ1n) is 5.27. The second kappa shape index (κ2) is 5.44. The van der Waals surface area contributed by atoms with Crippen LogP contribution in [0.2, 0.25) is 0 Å². The summed E-state index contributed by atoms with van der Waals surface area (Å²) in [6, 6.07) is 6.44. The Morgan fingerprint density at radius 1 is 1.05 bits per heavy atom. The number of methoxy groups -OCH3 is 1. The number of anilines is 1. The van der Waals surface area contributed by atoms with Crippen LogP contribution < -0.4 is 15.2 Å². The van der Waals surface area contributed by atoms with Gasteiger partial charge in [0.2, 0.25) is 0 Å². The van der Waals surface area contributed by atoms with Crippen LogP contribution in [-0.4, -0.2) is 7.11 Å². The first kappa shape index (κ1) is 13.6. The van der Waals surface area contributed by atoms with Crippen molar-refractivity contribution in [2.45, 2.75) is 0 Å². The SMILES string of the molecule is COc1cc(Oc2ccc(F)c(Br)c2)c(F)cc1N. The summed E-state index contributed by atoms with van der Waals surface area (Å²) in [6.07, 6.45) is 0. The average molecular weight is 330 g/mol. The Morgan fingerprint density at radius 2 is 1.79 bits per heavy atom. The molecule has 2 aromatic carbocycles. The molecule has 0 fully saturated rings. The molecule has 2 N–H and O–H groups in total. The van der Waals surface area contributed by atoms with Crippen LogP contribution in [0.3, 0.4) is 0 Å². The predicted molar refractivity (Wildman–Crippen MR) is 71.5 cm³/mol. The van der Waals surface area contributed by atoms with Gasteiger partial charge in [0.15, 0.2) is 11.6 Å². The highest BCUT2D eigenvalue weighted by atomic mass is 79.9. The molecular formula is C13H10BrF2NO2. The van der Waals surface area contributed by atoms with E-state index in [0.29, 0.717) is 11.5 Å². The molecule has 0 aliphatic carbocycles. The highest BCUT2D eigenvalue weighted by molar-refractivity contribution is 9.10. The molecule has 0 aliphatic rings. The molecule has 0 spiro atoms. The van der Waals surface area contributed by atoms with Gasteiger partial charge in [-0.05, 0) is 34.1 Å². The Bertz CT molecular complexity index is 620. The van der Waals surface area contributed by atoms with Crippen molar-refractivity contribution in [3.63, 3.8) is 0 Å². The third-order valence-corrected chi connectivity index (χ3v) is 3.01. The Hall–Kier alpha value is -1.82. The maximum atomic E-state index is 13.7. The Balaban J connectivity index is 2.34. The van der Waals surface area contributed by atoms with Crippen LogP contribution in [0.5, 0.6) is 17.2 Å². The topological polar surface area (TPSA) is 44.5 Å². The molecule has 0 heterocycles. The molecule has 0 aromatic heterocycles. The normalized spacial score (nSPS) is 10.3. The molecule has 100 valence electrons. The third kappa shape index (κ3) is 2.96. The Morgan fingerprint density at radius 3 is 2.42 bits per heavy atom. The average Bonchev–Trinajstić information content (AvgIpc) is 2.37. The van der Waals surface area contributed by atoms with E-state index in [4.69, 9.17) is 15.2 Å². The van der Waals surface area contributed by atoms with Crippen molar-refractivity contribution in [1.82, 2.24) is 0 Å². The highest BCUT2D eigenvalue weighted by Crippen LogP contribution is 2.33. The fourth-order valence-electron chi connectivity index (χ4n) is 1.47. The maximum Gasteiger partial charge on any atom is 0.168 e. The van der Waals surface area contributed by atoms with Crippen molar-refractivity contribution in [2.75, 3.05) is 12.8 Å². The molecule has 0 aliphatic heterocycles. The minimum Gasteiger partial charge on any atom is -0.494 e. The quantitative estimate of drug-likeness (QED) is 0.862. The predicted octanol–water partition coefficient (Wildman–Crippen LogP) is 4.11. The van der Waals surface area contributed by atoms with Crippen molar-refractivity contribution in [2.24, 2.45) is 0 Å². The van der Waals surface area contributed by atoms with E-state index in [1.807, 2.05) is 0 Å². The molecular weight excluding hydrogens is 320 g/mol. The number of hydrogen-bond acceptors (Lipinski definition) is 3. The van der Waals surface area contributed by atoms with E-state index < -0.39 is 11.6 Å². The number of benzene rings is 2. The summed E-state index contributed by atoms with van der Waals surface area (Å²) in [7, 11) is 1.42. The number of halogens is 3. The van der Waals surface area contributed by atoms with Crippen molar-refractivity contribution in [3.8, 4) is 17.2 Å². The summed E-state index contributed by atoms with van der Waals surface area (Å²) in [6.45, 7) is 0. The van der Waals surface area contributed by atoms with Crippen molar-refractivity contribution in [3.05, 3.63) is 46.4 Å². The van der Waals surface area contributed by atoms with Crippen LogP contribution >= 0.6 is 15.9 Å². The summed E-state index contributed by atoms with van der Waals surface area (Å²) < 4.78 is 37.3. The highest BCUT2D eigenvalue weighted by Gasteiger charge is 2.11. The molecule has 0 unspecified atom stereocenters. The number of nitrogens with two attached hydrogens (primary N) is 1. The van der Waals surface area contributed by atoms with E-state index in [-0.39, 0.29) is 15.9 Å². The van der Waals surface area contributed by atoms with Crippen LogP contribution in [-0.2, 0) is 0 Å². The van der Waals surface area contributed by atoms with Crippen LogP contribution in [0, 0.1) is 11.6 Å². The number of nitrogen functional groups attached to an aromatic ring is 1. The lowest BCUT2D eigenvalue weighted by Gasteiger charge is -2.10. The van der Waals surface area contributed by atoms with E-state index >= 15 is 0 Å². The van der Waals surface area contributed by atoms with Gasteiger partial charge >= 0.3 is 0 Å². The van der Waals surface area contributed by atoms with Crippen molar-refractivity contribution in [1.29, 1.82) is 0 Å². The van der Waals surface area contributed by atoms with E-state index in [1.165, 1.54) is 31.4 Å². The molecule has 0 saturated heterocycles. The first-order valence-corrected chi connectivity index (χ1v) is 6.06. The van der Waals surface area contributed by atoms with Gasteiger partial charge < -0.3 is 15.2 Å². The second-order valence-electron chi connectivity index (χ2n) is 3.70. The number of hydrogen-bond donors (Lipinski definition) is 1. The van der Waals surface area contributed by atoms with Crippen molar-refractivity contribution >= 4 is 21.6 Å². The molecule has 0 atom stereocenters. The Kier molecular flexibility index (Phi) is 3.90. The Labute approximate surface area is 117 Å². The fourth-order valence-corrected chi connectivity index (χ4v) is 1.83. The van der Waals surface area contributed by atoms with Gasteiger partial charge in [0.25, 0.3) is 0 Å². The fraction of sp³-hybridized carbons (Fsp3) is 0.0769.